The Kier molecular flexibility index (Phi) is 4.00. The molecule has 4 nitrogen and oxygen atoms in total. The van der Waals surface area contributed by atoms with Crippen LogP contribution in [-0.4, -0.2) is 24.4 Å². The predicted octanol–water partition coefficient (Wildman–Crippen LogP) is 1.91. The third-order valence-electron chi connectivity index (χ3n) is 2.13. The zero-order chi connectivity index (χ0) is 8.81. The molecule has 1 heterocycles. The zero-order valence-corrected chi connectivity index (χ0v) is 7.53. The predicted molar refractivity (Wildman–Crippen MR) is 46.4 cm³/mol. The maximum Gasteiger partial charge on any atom is 0.148 e. The van der Waals surface area contributed by atoms with E-state index >= 15 is 0 Å². The van der Waals surface area contributed by atoms with Gasteiger partial charge in [0.25, 0.3) is 0 Å². The molecule has 1 rings (SSSR count). The molecule has 0 saturated carbocycles. The smallest absolute Gasteiger partial charge is 0.148 e. The van der Waals surface area contributed by atoms with Crippen LogP contribution in [0.4, 0.5) is 0 Å². The molecule has 12 heavy (non-hydrogen) atoms. The standard InChI is InChI=1S/C8H16N2O2/c1-2-12-8-6-4-3-5-7-10(8)9-11/h8H,2-7H2,1H3. The maximum atomic E-state index is 10.4. The van der Waals surface area contributed by atoms with Gasteiger partial charge in [0, 0.05) is 13.2 Å². The second-order valence-electron chi connectivity index (χ2n) is 3.00. The highest BCUT2D eigenvalue weighted by atomic mass is 16.5. The number of nitrogens with zero attached hydrogens (tertiary/aromatic N) is 2. The summed E-state index contributed by atoms with van der Waals surface area (Å²) < 4.78 is 5.40. The van der Waals surface area contributed by atoms with Crippen molar-refractivity contribution in [2.24, 2.45) is 5.29 Å². The van der Waals surface area contributed by atoms with Crippen LogP contribution in [0.1, 0.15) is 32.6 Å². The molecule has 1 unspecified atom stereocenters. The Morgan fingerprint density at radius 1 is 1.50 bits per heavy atom. The van der Waals surface area contributed by atoms with Gasteiger partial charge in [0.2, 0.25) is 0 Å². The number of hydrogen-bond acceptors (Lipinski definition) is 3. The van der Waals surface area contributed by atoms with Crippen LogP contribution in [0.3, 0.4) is 0 Å². The van der Waals surface area contributed by atoms with Crippen molar-refractivity contribution in [3.63, 3.8) is 0 Å². The highest BCUT2D eigenvalue weighted by Gasteiger charge is 2.20. The van der Waals surface area contributed by atoms with Crippen LogP contribution in [0.2, 0.25) is 0 Å². The summed E-state index contributed by atoms with van der Waals surface area (Å²) in [4.78, 5) is 10.4. The third kappa shape index (κ3) is 2.44. The molecule has 70 valence electrons. The minimum Gasteiger partial charge on any atom is -0.357 e. The van der Waals surface area contributed by atoms with Crippen molar-refractivity contribution in [3.05, 3.63) is 4.91 Å². The Bertz CT molecular complexity index is 141. The number of rotatable bonds is 3. The normalized spacial score (nSPS) is 25.1. The molecule has 0 bridgehead atoms. The van der Waals surface area contributed by atoms with Crippen LogP contribution in [0.15, 0.2) is 5.29 Å². The fraction of sp³-hybridized carbons (Fsp3) is 1.00. The number of nitroso groups, excluding NO2 is 1. The van der Waals surface area contributed by atoms with Gasteiger partial charge in [-0.3, -0.25) is 0 Å². The molecule has 1 aliphatic rings. The summed E-state index contributed by atoms with van der Waals surface area (Å²) >= 11 is 0. The molecule has 0 spiro atoms. The van der Waals surface area contributed by atoms with E-state index in [2.05, 4.69) is 5.29 Å². The van der Waals surface area contributed by atoms with Crippen molar-refractivity contribution in [3.8, 4) is 0 Å². The Morgan fingerprint density at radius 2 is 2.33 bits per heavy atom. The summed E-state index contributed by atoms with van der Waals surface area (Å²) in [5, 5.41) is 4.49. The molecule has 0 aromatic rings. The van der Waals surface area contributed by atoms with E-state index in [-0.39, 0.29) is 6.23 Å². The molecule has 0 radical (unpaired) electrons. The van der Waals surface area contributed by atoms with Gasteiger partial charge in [0.15, 0.2) is 0 Å². The lowest BCUT2D eigenvalue weighted by Gasteiger charge is -2.23. The highest BCUT2D eigenvalue weighted by molar-refractivity contribution is 4.64. The molecular formula is C8H16N2O2. The molecule has 0 N–H and O–H groups in total. The zero-order valence-electron chi connectivity index (χ0n) is 7.53. The Labute approximate surface area is 72.8 Å². The summed E-state index contributed by atoms with van der Waals surface area (Å²) in [5.41, 5.74) is 0. The topological polar surface area (TPSA) is 41.9 Å². The SMILES string of the molecule is CCOC1CCCCCN1N=O. The van der Waals surface area contributed by atoms with E-state index in [4.69, 9.17) is 4.74 Å². The molecular weight excluding hydrogens is 156 g/mol. The van der Waals surface area contributed by atoms with E-state index in [9.17, 15) is 4.91 Å². The van der Waals surface area contributed by atoms with E-state index in [1.54, 1.807) is 0 Å². The summed E-state index contributed by atoms with van der Waals surface area (Å²) in [6.45, 7) is 3.33. The molecule has 1 saturated heterocycles. The van der Waals surface area contributed by atoms with Gasteiger partial charge in [-0.05, 0) is 26.2 Å². The molecule has 1 aliphatic heterocycles. The van der Waals surface area contributed by atoms with Gasteiger partial charge in [-0.25, -0.2) is 5.01 Å². The van der Waals surface area contributed by atoms with E-state index in [0.29, 0.717) is 6.61 Å². The van der Waals surface area contributed by atoms with Gasteiger partial charge in [-0.1, -0.05) is 6.42 Å². The van der Waals surface area contributed by atoms with Gasteiger partial charge in [-0.2, -0.15) is 0 Å². The average Bonchev–Trinajstić information content (AvgIpc) is 2.30. The first-order valence-electron chi connectivity index (χ1n) is 4.60. The van der Waals surface area contributed by atoms with Crippen molar-refractivity contribution < 1.29 is 4.74 Å². The third-order valence-corrected chi connectivity index (χ3v) is 2.13. The quantitative estimate of drug-likeness (QED) is 0.610. The van der Waals surface area contributed by atoms with Gasteiger partial charge in [-0.15, -0.1) is 4.91 Å². The lowest BCUT2D eigenvalue weighted by molar-refractivity contribution is -0.0546. The van der Waals surface area contributed by atoms with E-state index in [1.165, 1.54) is 11.4 Å². The molecule has 0 aliphatic carbocycles. The first-order chi connectivity index (χ1) is 5.88. The maximum absolute atomic E-state index is 10.4. The Morgan fingerprint density at radius 3 is 3.00 bits per heavy atom. The molecule has 1 atom stereocenters. The van der Waals surface area contributed by atoms with Crippen LogP contribution < -0.4 is 0 Å². The monoisotopic (exact) mass is 172 g/mol. The van der Waals surface area contributed by atoms with Gasteiger partial charge >= 0.3 is 0 Å². The van der Waals surface area contributed by atoms with Crippen LogP contribution in [-0.2, 0) is 4.74 Å². The summed E-state index contributed by atoms with van der Waals surface area (Å²) in [6.07, 6.45) is 4.22. The largest absolute Gasteiger partial charge is 0.357 e. The second kappa shape index (κ2) is 5.09. The lowest BCUT2D eigenvalue weighted by Crippen LogP contribution is -2.32. The van der Waals surface area contributed by atoms with Gasteiger partial charge < -0.3 is 4.74 Å². The first-order valence-corrected chi connectivity index (χ1v) is 4.60. The van der Waals surface area contributed by atoms with Crippen molar-refractivity contribution in [2.75, 3.05) is 13.2 Å². The van der Waals surface area contributed by atoms with Crippen LogP contribution in [0, 0.1) is 4.91 Å². The second-order valence-corrected chi connectivity index (χ2v) is 3.00. The van der Waals surface area contributed by atoms with Gasteiger partial charge in [0.05, 0.1) is 5.29 Å². The number of ether oxygens (including phenoxy) is 1. The van der Waals surface area contributed by atoms with Crippen LogP contribution in [0.25, 0.3) is 0 Å². The summed E-state index contributed by atoms with van der Waals surface area (Å²) in [5.74, 6) is 0. The Balaban J connectivity index is 2.45. The summed E-state index contributed by atoms with van der Waals surface area (Å²) in [6, 6.07) is 0. The fourth-order valence-electron chi connectivity index (χ4n) is 1.52. The minimum absolute atomic E-state index is 0.0741. The Hall–Kier alpha value is -0.640. The molecule has 0 aromatic carbocycles. The number of hydrogen-bond donors (Lipinski definition) is 0. The van der Waals surface area contributed by atoms with Crippen molar-refractivity contribution >= 4 is 0 Å². The minimum atomic E-state index is -0.0741. The van der Waals surface area contributed by atoms with Crippen molar-refractivity contribution in [1.82, 2.24) is 5.01 Å². The van der Waals surface area contributed by atoms with Crippen LogP contribution in [0.5, 0.6) is 0 Å². The molecule has 1 fully saturated rings. The first kappa shape index (κ1) is 9.45. The van der Waals surface area contributed by atoms with Crippen molar-refractivity contribution in [2.45, 2.75) is 38.8 Å². The molecule has 0 aromatic heterocycles. The summed E-state index contributed by atoms with van der Waals surface area (Å²) in [7, 11) is 0. The van der Waals surface area contributed by atoms with Crippen LogP contribution >= 0.6 is 0 Å². The lowest BCUT2D eigenvalue weighted by atomic mass is 10.2. The van der Waals surface area contributed by atoms with E-state index < -0.39 is 0 Å². The van der Waals surface area contributed by atoms with Gasteiger partial charge in [0.1, 0.15) is 6.23 Å². The average molecular weight is 172 g/mol. The molecule has 0 amide bonds. The van der Waals surface area contributed by atoms with Crippen molar-refractivity contribution in [1.29, 1.82) is 0 Å². The van der Waals surface area contributed by atoms with E-state index in [1.807, 2.05) is 6.92 Å². The molecule has 4 heteroatoms. The fourth-order valence-corrected chi connectivity index (χ4v) is 1.52. The van der Waals surface area contributed by atoms with E-state index in [0.717, 1.165) is 25.8 Å². The highest BCUT2D eigenvalue weighted by Crippen LogP contribution is 2.17.